The first kappa shape index (κ1) is 27.6. The van der Waals surface area contributed by atoms with Crippen LogP contribution in [0.25, 0.3) is 32.6 Å². The van der Waals surface area contributed by atoms with E-state index in [1.54, 1.807) is 18.2 Å². The highest BCUT2D eigenvalue weighted by Gasteiger charge is 2.24. The van der Waals surface area contributed by atoms with Gasteiger partial charge in [0, 0.05) is 41.7 Å². The Balaban J connectivity index is 1.08. The van der Waals surface area contributed by atoms with Crippen molar-refractivity contribution in [2.45, 2.75) is 32.1 Å². The fourth-order valence-corrected chi connectivity index (χ4v) is 6.32. The largest absolute Gasteiger partial charge is 0.473 e. The zero-order valence-electron chi connectivity index (χ0n) is 23.0. The standard InChI is InChI=1S/C32H25ClFN3O5S/c1-39-32(38)26-15-25-31(43-26)36-28(37(25)16-21-11-12-40-21)13-18-5-7-19(8-6-18)24-3-2-4-29(35-24)41-17-20-9-10-23(33)22-14-27(34)42-30(20)22/h2-10,14-15,21H,11-13,16-17H2,1H3/t21-/m0/s1. The Hall–Kier alpha value is -4.25. The van der Waals surface area contributed by atoms with Gasteiger partial charge in [0.25, 0.3) is 6.01 Å². The van der Waals surface area contributed by atoms with Gasteiger partial charge in [0.05, 0.1) is 36.0 Å². The molecule has 2 aromatic carbocycles. The summed E-state index contributed by atoms with van der Waals surface area (Å²) in [5, 5.41) is 0.922. The predicted molar refractivity (Wildman–Crippen MR) is 161 cm³/mol. The molecule has 218 valence electrons. The molecule has 43 heavy (non-hydrogen) atoms. The van der Waals surface area contributed by atoms with Crippen LogP contribution in [0.2, 0.25) is 5.02 Å². The van der Waals surface area contributed by atoms with Crippen molar-refractivity contribution in [3.8, 4) is 17.1 Å². The van der Waals surface area contributed by atoms with Gasteiger partial charge < -0.3 is 23.2 Å². The number of esters is 1. The van der Waals surface area contributed by atoms with E-state index in [2.05, 4.69) is 21.7 Å². The topological polar surface area (TPSA) is 88.6 Å². The number of fused-ring (bicyclic) bond motifs is 2. The summed E-state index contributed by atoms with van der Waals surface area (Å²) in [7, 11) is 1.38. The molecular weight excluding hydrogens is 593 g/mol. The Bertz CT molecular complexity index is 1960. The van der Waals surface area contributed by atoms with Gasteiger partial charge in [0.15, 0.2) is 0 Å². The second kappa shape index (κ2) is 11.4. The number of ether oxygens (including phenoxy) is 3. The van der Waals surface area contributed by atoms with Crippen LogP contribution in [0.15, 0.2) is 71.1 Å². The maximum atomic E-state index is 13.7. The monoisotopic (exact) mass is 617 g/mol. The van der Waals surface area contributed by atoms with Crippen molar-refractivity contribution in [3.63, 3.8) is 0 Å². The fourth-order valence-electron chi connectivity index (χ4n) is 5.15. The highest BCUT2D eigenvalue weighted by atomic mass is 35.5. The smallest absolute Gasteiger partial charge is 0.348 e. The zero-order chi connectivity index (χ0) is 29.5. The van der Waals surface area contributed by atoms with Crippen LogP contribution < -0.4 is 4.74 Å². The third kappa shape index (κ3) is 5.49. The minimum atomic E-state index is -0.697. The summed E-state index contributed by atoms with van der Waals surface area (Å²) in [6.45, 7) is 1.60. The Labute approximate surface area is 254 Å². The molecule has 0 aliphatic carbocycles. The summed E-state index contributed by atoms with van der Waals surface area (Å²) >= 11 is 7.51. The van der Waals surface area contributed by atoms with Gasteiger partial charge in [-0.2, -0.15) is 4.39 Å². The van der Waals surface area contributed by atoms with Crippen molar-refractivity contribution < 1.29 is 27.8 Å². The van der Waals surface area contributed by atoms with Crippen LogP contribution >= 0.6 is 22.9 Å². The molecule has 0 amide bonds. The third-order valence-electron chi connectivity index (χ3n) is 7.49. The summed E-state index contributed by atoms with van der Waals surface area (Å²) in [4.78, 5) is 23.0. The van der Waals surface area contributed by atoms with Gasteiger partial charge in [0.2, 0.25) is 5.88 Å². The number of thiophene rings is 1. The molecule has 7 rings (SSSR count). The Kier molecular flexibility index (Phi) is 7.34. The number of benzene rings is 2. The molecule has 1 fully saturated rings. The Morgan fingerprint density at radius 1 is 1.14 bits per heavy atom. The molecule has 11 heteroatoms. The number of nitrogens with zero attached hydrogens (tertiary/aromatic N) is 3. The van der Waals surface area contributed by atoms with Crippen LogP contribution in [0.1, 0.15) is 33.0 Å². The molecule has 0 radical (unpaired) electrons. The maximum absolute atomic E-state index is 13.7. The van der Waals surface area contributed by atoms with Crippen molar-refractivity contribution in [1.82, 2.24) is 14.5 Å². The van der Waals surface area contributed by atoms with Crippen LogP contribution in [0.5, 0.6) is 5.88 Å². The summed E-state index contributed by atoms with van der Waals surface area (Å²) in [6, 6.07) is 19.6. The minimum absolute atomic E-state index is 0.145. The van der Waals surface area contributed by atoms with E-state index in [0.29, 0.717) is 45.3 Å². The number of pyridine rings is 1. The second-order valence-electron chi connectivity index (χ2n) is 10.2. The molecule has 0 spiro atoms. The summed E-state index contributed by atoms with van der Waals surface area (Å²) in [5.41, 5.74) is 4.74. The van der Waals surface area contributed by atoms with E-state index in [1.165, 1.54) is 24.5 Å². The van der Waals surface area contributed by atoms with Crippen molar-refractivity contribution in [1.29, 1.82) is 0 Å². The number of imidazole rings is 1. The normalized spacial score (nSPS) is 14.7. The zero-order valence-corrected chi connectivity index (χ0v) is 24.6. The maximum Gasteiger partial charge on any atom is 0.348 e. The molecule has 1 aliphatic heterocycles. The number of carbonyl (C=O) groups excluding carboxylic acids is 1. The number of furan rings is 1. The molecule has 4 aromatic heterocycles. The van der Waals surface area contributed by atoms with Crippen LogP contribution in [0.3, 0.4) is 0 Å². The van der Waals surface area contributed by atoms with Gasteiger partial charge in [-0.15, -0.1) is 11.3 Å². The summed E-state index contributed by atoms with van der Waals surface area (Å²) in [6.07, 6.45) is 1.77. The average molecular weight is 618 g/mol. The summed E-state index contributed by atoms with van der Waals surface area (Å²) < 4.78 is 37.6. The molecule has 0 N–H and O–H groups in total. The predicted octanol–water partition coefficient (Wildman–Crippen LogP) is 7.44. The number of hydrogen-bond donors (Lipinski definition) is 0. The fraction of sp³-hybridized carbons (Fsp3) is 0.219. The Morgan fingerprint density at radius 3 is 2.74 bits per heavy atom. The van der Waals surface area contributed by atoms with Crippen LogP contribution in [-0.4, -0.2) is 40.3 Å². The number of hydrogen-bond acceptors (Lipinski definition) is 8. The molecule has 8 nitrogen and oxygen atoms in total. The molecular formula is C32H25ClFN3O5S. The van der Waals surface area contributed by atoms with Gasteiger partial charge in [-0.1, -0.05) is 48.0 Å². The van der Waals surface area contributed by atoms with Crippen LogP contribution in [0.4, 0.5) is 4.39 Å². The van der Waals surface area contributed by atoms with Crippen molar-refractivity contribution in [3.05, 3.63) is 99.6 Å². The number of methoxy groups -OCH3 is 1. The molecule has 1 saturated heterocycles. The van der Waals surface area contributed by atoms with Crippen molar-refractivity contribution in [2.24, 2.45) is 0 Å². The SMILES string of the molecule is COC(=O)c1cc2c(nc(Cc3ccc(-c4cccc(OCc5ccc(Cl)c6cc(F)oc56)n4)cc3)n2C[C@@H]2CCO2)s1. The molecule has 0 bridgehead atoms. The Morgan fingerprint density at radius 2 is 1.98 bits per heavy atom. The first-order valence-electron chi connectivity index (χ1n) is 13.7. The number of carbonyl (C=O) groups is 1. The molecule has 5 heterocycles. The first-order valence-corrected chi connectivity index (χ1v) is 14.9. The van der Waals surface area contributed by atoms with E-state index >= 15 is 0 Å². The van der Waals surface area contributed by atoms with Crippen LogP contribution in [-0.2, 0) is 29.0 Å². The minimum Gasteiger partial charge on any atom is -0.473 e. The second-order valence-corrected chi connectivity index (χ2v) is 11.7. The van der Waals surface area contributed by atoms with E-state index < -0.39 is 6.01 Å². The highest BCUT2D eigenvalue weighted by Crippen LogP contribution is 2.32. The summed E-state index contributed by atoms with van der Waals surface area (Å²) in [5.74, 6) is 0.996. The van der Waals surface area contributed by atoms with E-state index in [9.17, 15) is 9.18 Å². The first-order chi connectivity index (χ1) is 20.9. The van der Waals surface area contributed by atoms with Gasteiger partial charge in [-0.25, -0.2) is 14.8 Å². The lowest BCUT2D eigenvalue weighted by Gasteiger charge is -2.27. The molecule has 0 unspecified atom stereocenters. The molecule has 0 saturated carbocycles. The lowest BCUT2D eigenvalue weighted by molar-refractivity contribution is -0.0589. The van der Waals surface area contributed by atoms with Crippen molar-refractivity contribution >= 4 is 50.2 Å². The van der Waals surface area contributed by atoms with E-state index in [1.807, 2.05) is 30.3 Å². The lowest BCUT2D eigenvalue weighted by Crippen LogP contribution is -2.31. The quantitative estimate of drug-likeness (QED) is 0.156. The van der Waals surface area contributed by atoms with Gasteiger partial charge in [-0.05, 0) is 30.2 Å². The molecule has 6 aromatic rings. The van der Waals surface area contributed by atoms with Gasteiger partial charge in [0.1, 0.15) is 27.7 Å². The number of halogens is 2. The van der Waals surface area contributed by atoms with E-state index in [4.69, 9.17) is 35.2 Å². The third-order valence-corrected chi connectivity index (χ3v) is 8.81. The van der Waals surface area contributed by atoms with Gasteiger partial charge in [-0.3, -0.25) is 0 Å². The highest BCUT2D eigenvalue weighted by molar-refractivity contribution is 7.20. The lowest BCUT2D eigenvalue weighted by atomic mass is 10.1. The molecule has 1 aliphatic rings. The van der Waals surface area contributed by atoms with E-state index in [0.717, 1.165) is 46.0 Å². The van der Waals surface area contributed by atoms with Crippen molar-refractivity contribution in [2.75, 3.05) is 13.7 Å². The van der Waals surface area contributed by atoms with Gasteiger partial charge >= 0.3 is 5.97 Å². The van der Waals surface area contributed by atoms with Crippen LogP contribution in [0, 0.1) is 6.01 Å². The number of rotatable bonds is 9. The number of aromatic nitrogens is 3. The average Bonchev–Trinajstić information content (AvgIpc) is 3.68. The molecule has 1 atom stereocenters. The van der Waals surface area contributed by atoms with E-state index in [-0.39, 0.29) is 18.7 Å².